The van der Waals surface area contributed by atoms with Gasteiger partial charge in [-0.3, -0.25) is 9.59 Å². The lowest BCUT2D eigenvalue weighted by atomic mass is 9.85. The Kier molecular flexibility index (Phi) is 5.59. The van der Waals surface area contributed by atoms with Crippen LogP contribution >= 0.6 is 0 Å². The highest BCUT2D eigenvalue weighted by Gasteiger charge is 2.28. The number of carbonyl (C=O) groups excluding carboxylic acids is 1. The van der Waals surface area contributed by atoms with Gasteiger partial charge in [-0.1, -0.05) is 20.3 Å². The summed E-state index contributed by atoms with van der Waals surface area (Å²) in [6.07, 6.45) is 3.29. The van der Waals surface area contributed by atoms with E-state index in [1.165, 1.54) is 0 Å². The molecule has 0 saturated heterocycles. The molecule has 0 aromatic rings. The molecule has 0 heterocycles. The Morgan fingerprint density at radius 1 is 1.39 bits per heavy atom. The lowest BCUT2D eigenvalue weighted by Gasteiger charge is -2.28. The summed E-state index contributed by atoms with van der Waals surface area (Å²) >= 11 is 0. The number of nitrogens with two attached hydrogens (primary N) is 1. The molecule has 1 saturated carbocycles. The first-order valence-corrected chi connectivity index (χ1v) is 6.68. The third-order valence-corrected chi connectivity index (χ3v) is 3.67. The zero-order valence-electron chi connectivity index (χ0n) is 11.2. The van der Waals surface area contributed by atoms with Crippen molar-refractivity contribution in [2.75, 3.05) is 0 Å². The van der Waals surface area contributed by atoms with Crippen LogP contribution in [-0.4, -0.2) is 29.1 Å². The number of rotatable bonds is 5. The number of carboxylic acid groups (broad SMARTS) is 1. The summed E-state index contributed by atoms with van der Waals surface area (Å²) in [6, 6.07) is -0.143. The van der Waals surface area contributed by atoms with Gasteiger partial charge in [0.25, 0.3) is 0 Å². The highest BCUT2D eigenvalue weighted by molar-refractivity contribution is 5.77. The molecule has 4 N–H and O–H groups in total. The first-order chi connectivity index (χ1) is 8.40. The van der Waals surface area contributed by atoms with Crippen molar-refractivity contribution in [1.29, 1.82) is 0 Å². The summed E-state index contributed by atoms with van der Waals surface area (Å²) in [7, 11) is 0. The molecule has 5 heteroatoms. The Morgan fingerprint density at radius 3 is 2.61 bits per heavy atom. The summed E-state index contributed by atoms with van der Waals surface area (Å²) < 4.78 is 0. The molecule has 0 spiro atoms. The Morgan fingerprint density at radius 2 is 2.06 bits per heavy atom. The van der Waals surface area contributed by atoms with Crippen molar-refractivity contribution in [1.82, 2.24) is 5.32 Å². The second-order valence-electron chi connectivity index (χ2n) is 5.58. The zero-order chi connectivity index (χ0) is 13.7. The smallest absolute Gasteiger partial charge is 0.306 e. The average Bonchev–Trinajstić information content (AvgIpc) is 2.28. The zero-order valence-corrected chi connectivity index (χ0v) is 11.2. The van der Waals surface area contributed by atoms with E-state index >= 15 is 0 Å². The number of nitrogens with one attached hydrogen (secondary N) is 1. The van der Waals surface area contributed by atoms with Crippen molar-refractivity contribution >= 4 is 11.9 Å². The van der Waals surface area contributed by atoms with E-state index in [1.807, 2.05) is 13.8 Å². The van der Waals surface area contributed by atoms with Crippen LogP contribution in [0, 0.1) is 11.8 Å². The molecule has 0 aromatic carbocycles. The van der Waals surface area contributed by atoms with Crippen LogP contribution in [0.15, 0.2) is 0 Å². The summed E-state index contributed by atoms with van der Waals surface area (Å²) in [5.74, 6) is -0.864. The third kappa shape index (κ3) is 4.64. The normalized spacial score (nSPS) is 25.8. The molecule has 0 aliphatic heterocycles. The first kappa shape index (κ1) is 15.0. The van der Waals surface area contributed by atoms with E-state index in [4.69, 9.17) is 10.8 Å². The molecule has 3 unspecified atom stereocenters. The van der Waals surface area contributed by atoms with Crippen LogP contribution < -0.4 is 11.1 Å². The van der Waals surface area contributed by atoms with Gasteiger partial charge in [0.05, 0.1) is 5.92 Å². The van der Waals surface area contributed by atoms with Crippen molar-refractivity contribution in [2.45, 2.75) is 58.0 Å². The van der Waals surface area contributed by atoms with Crippen molar-refractivity contribution < 1.29 is 14.7 Å². The Hall–Kier alpha value is -1.10. The second-order valence-corrected chi connectivity index (χ2v) is 5.58. The fourth-order valence-corrected chi connectivity index (χ4v) is 2.28. The maximum Gasteiger partial charge on any atom is 0.306 e. The van der Waals surface area contributed by atoms with E-state index in [-0.39, 0.29) is 29.8 Å². The largest absolute Gasteiger partial charge is 0.481 e. The molecule has 3 atom stereocenters. The average molecular weight is 256 g/mol. The van der Waals surface area contributed by atoms with Gasteiger partial charge >= 0.3 is 5.97 Å². The lowest BCUT2D eigenvalue weighted by Crippen LogP contribution is -2.42. The molecule has 0 radical (unpaired) electrons. The molecule has 1 fully saturated rings. The molecule has 0 bridgehead atoms. The first-order valence-electron chi connectivity index (χ1n) is 6.68. The molecule has 0 aromatic heterocycles. The van der Waals surface area contributed by atoms with Crippen LogP contribution in [0.4, 0.5) is 0 Å². The second kappa shape index (κ2) is 6.73. The van der Waals surface area contributed by atoms with Crippen molar-refractivity contribution in [3.63, 3.8) is 0 Å². The Bertz CT molecular complexity index is 305. The van der Waals surface area contributed by atoms with Crippen molar-refractivity contribution in [3.05, 3.63) is 0 Å². The number of amides is 1. The predicted octanol–water partition coefficient (Wildman–Crippen LogP) is 1.12. The number of carbonyl (C=O) groups is 2. The molecule has 1 rings (SSSR count). The number of hydrogen-bond donors (Lipinski definition) is 3. The van der Waals surface area contributed by atoms with Crippen LogP contribution in [-0.2, 0) is 9.59 Å². The van der Waals surface area contributed by atoms with Crippen LogP contribution in [0.5, 0.6) is 0 Å². The van der Waals surface area contributed by atoms with Crippen LogP contribution in [0.3, 0.4) is 0 Å². The number of aliphatic carboxylic acids is 1. The monoisotopic (exact) mass is 256 g/mol. The van der Waals surface area contributed by atoms with Crippen LogP contribution in [0.1, 0.15) is 46.0 Å². The van der Waals surface area contributed by atoms with Gasteiger partial charge in [-0.25, -0.2) is 0 Å². The lowest BCUT2D eigenvalue weighted by molar-refractivity contribution is -0.143. The summed E-state index contributed by atoms with van der Waals surface area (Å²) in [4.78, 5) is 22.7. The van der Waals surface area contributed by atoms with Gasteiger partial charge in [-0.15, -0.1) is 0 Å². The van der Waals surface area contributed by atoms with Crippen LogP contribution in [0.2, 0.25) is 0 Å². The van der Waals surface area contributed by atoms with Gasteiger partial charge in [0, 0.05) is 18.5 Å². The fourth-order valence-electron chi connectivity index (χ4n) is 2.28. The van der Waals surface area contributed by atoms with Crippen molar-refractivity contribution in [2.24, 2.45) is 17.6 Å². The van der Waals surface area contributed by atoms with Gasteiger partial charge in [0.1, 0.15) is 0 Å². The molecule has 104 valence electrons. The van der Waals surface area contributed by atoms with Gasteiger partial charge in [0.15, 0.2) is 0 Å². The summed E-state index contributed by atoms with van der Waals surface area (Å²) in [6.45, 7) is 3.97. The number of carboxylic acids is 1. The SMILES string of the molecule is CC(C)C(N)CC(=O)NC1CCCC(C(=O)O)C1. The standard InChI is InChI=1S/C13H24N2O3/c1-8(2)11(14)7-12(16)15-10-5-3-4-9(6-10)13(17)18/h8-11H,3-7,14H2,1-2H3,(H,15,16)(H,17,18). The van der Waals surface area contributed by atoms with E-state index in [0.717, 1.165) is 12.8 Å². The fraction of sp³-hybridized carbons (Fsp3) is 0.846. The van der Waals surface area contributed by atoms with Gasteiger partial charge < -0.3 is 16.2 Å². The molecular formula is C13H24N2O3. The maximum absolute atomic E-state index is 11.8. The van der Waals surface area contributed by atoms with Crippen molar-refractivity contribution in [3.8, 4) is 0 Å². The quantitative estimate of drug-likeness (QED) is 0.687. The number of hydrogen-bond acceptors (Lipinski definition) is 3. The topological polar surface area (TPSA) is 92.4 Å². The van der Waals surface area contributed by atoms with E-state index in [2.05, 4.69) is 5.32 Å². The molecule has 1 aliphatic carbocycles. The molecule has 1 amide bonds. The van der Waals surface area contributed by atoms with Crippen LogP contribution in [0.25, 0.3) is 0 Å². The van der Waals surface area contributed by atoms with Gasteiger partial charge in [-0.2, -0.15) is 0 Å². The maximum atomic E-state index is 11.8. The molecule has 5 nitrogen and oxygen atoms in total. The minimum absolute atomic E-state index is 0.00767. The van der Waals surface area contributed by atoms with E-state index in [9.17, 15) is 9.59 Å². The molecule has 1 aliphatic rings. The molecular weight excluding hydrogens is 232 g/mol. The molecule has 18 heavy (non-hydrogen) atoms. The predicted molar refractivity (Wildman–Crippen MR) is 69.0 cm³/mol. The van der Waals surface area contributed by atoms with Gasteiger partial charge in [0.2, 0.25) is 5.91 Å². The van der Waals surface area contributed by atoms with E-state index in [0.29, 0.717) is 19.3 Å². The minimum atomic E-state index is -0.757. The Balaban J connectivity index is 2.37. The van der Waals surface area contributed by atoms with Gasteiger partial charge in [-0.05, 0) is 25.2 Å². The summed E-state index contributed by atoms with van der Waals surface area (Å²) in [5, 5.41) is 11.9. The highest BCUT2D eigenvalue weighted by Crippen LogP contribution is 2.24. The third-order valence-electron chi connectivity index (χ3n) is 3.67. The highest BCUT2D eigenvalue weighted by atomic mass is 16.4. The van der Waals surface area contributed by atoms with E-state index < -0.39 is 5.97 Å². The summed E-state index contributed by atoms with van der Waals surface area (Å²) in [5.41, 5.74) is 5.84. The van der Waals surface area contributed by atoms with E-state index in [1.54, 1.807) is 0 Å². The minimum Gasteiger partial charge on any atom is -0.481 e. The Labute approximate surface area is 108 Å².